The smallest absolute Gasteiger partial charge is 0.387 e. The molecule has 0 aliphatic carbocycles. The predicted molar refractivity (Wildman–Crippen MR) is 92.5 cm³/mol. The first-order chi connectivity index (χ1) is 12.5. The van der Waals surface area contributed by atoms with Crippen LogP contribution in [0, 0.1) is 5.41 Å². The summed E-state index contributed by atoms with van der Waals surface area (Å²) in [5, 5.41) is 6.18. The quantitative estimate of drug-likeness (QED) is 0.696. The molecule has 0 spiro atoms. The second-order valence-corrected chi connectivity index (χ2v) is 6.24. The molecule has 0 aromatic heterocycles. The Morgan fingerprint density at radius 2 is 2.04 bits per heavy atom. The van der Waals surface area contributed by atoms with Gasteiger partial charge in [0, 0.05) is 13.7 Å². The maximum absolute atomic E-state index is 12.7. The fourth-order valence-electron chi connectivity index (χ4n) is 3.11. The molecule has 0 saturated carbocycles. The molecule has 1 fully saturated rings. The van der Waals surface area contributed by atoms with E-state index in [-0.39, 0.29) is 24.0 Å². The fourth-order valence-corrected chi connectivity index (χ4v) is 3.11. The highest BCUT2D eigenvalue weighted by Gasteiger charge is 2.39. The Morgan fingerprint density at radius 1 is 1.31 bits per heavy atom. The molecule has 0 bridgehead atoms. The first-order valence-corrected chi connectivity index (χ1v) is 8.69. The maximum Gasteiger partial charge on any atom is 0.387 e. The van der Waals surface area contributed by atoms with Crippen molar-refractivity contribution < 1.29 is 27.8 Å². The Morgan fingerprint density at radius 3 is 2.65 bits per heavy atom. The molecule has 2 N–H and O–H groups in total. The average molecular weight is 372 g/mol. The lowest BCUT2D eigenvalue weighted by atomic mass is 9.78. The third-order valence-electron chi connectivity index (χ3n) is 4.44. The van der Waals surface area contributed by atoms with E-state index in [1.54, 1.807) is 26.2 Å². The van der Waals surface area contributed by atoms with Gasteiger partial charge in [0.1, 0.15) is 0 Å². The number of halogens is 2. The molecular formula is C18H26F2N2O4. The normalized spacial score (nSPS) is 16.3. The molecule has 1 aliphatic heterocycles. The molecule has 6 nitrogen and oxygen atoms in total. The van der Waals surface area contributed by atoms with Crippen LogP contribution >= 0.6 is 0 Å². The third kappa shape index (κ3) is 5.28. The number of hydrogen-bond donors (Lipinski definition) is 2. The summed E-state index contributed by atoms with van der Waals surface area (Å²) in [7, 11) is 1.59. The number of hydrogen-bond acceptors (Lipinski definition) is 5. The number of alkyl halides is 2. The minimum absolute atomic E-state index is 0.0221. The van der Waals surface area contributed by atoms with Crippen molar-refractivity contribution >= 4 is 5.91 Å². The van der Waals surface area contributed by atoms with E-state index in [4.69, 9.17) is 9.47 Å². The van der Waals surface area contributed by atoms with Crippen LogP contribution in [-0.4, -0.2) is 45.9 Å². The highest BCUT2D eigenvalue weighted by atomic mass is 19.3. The SMILES string of the molecule is CCOc1cc(CNC(=O)C2(COC)CCNCC2)ccc1OC(F)F. The molecule has 1 saturated heterocycles. The Hall–Kier alpha value is -1.93. The summed E-state index contributed by atoms with van der Waals surface area (Å²) >= 11 is 0. The van der Waals surface area contributed by atoms with E-state index < -0.39 is 12.0 Å². The summed E-state index contributed by atoms with van der Waals surface area (Å²) in [5.74, 6) is 0.144. The monoisotopic (exact) mass is 372 g/mol. The number of ether oxygens (including phenoxy) is 3. The van der Waals surface area contributed by atoms with E-state index in [1.807, 2.05) is 0 Å². The zero-order chi connectivity index (χ0) is 19.0. The van der Waals surface area contributed by atoms with E-state index in [1.165, 1.54) is 6.07 Å². The zero-order valence-electron chi connectivity index (χ0n) is 15.1. The highest BCUT2D eigenvalue weighted by Crippen LogP contribution is 2.31. The van der Waals surface area contributed by atoms with Crippen LogP contribution in [0.3, 0.4) is 0 Å². The van der Waals surface area contributed by atoms with Gasteiger partial charge in [-0.15, -0.1) is 0 Å². The van der Waals surface area contributed by atoms with Crippen molar-refractivity contribution in [2.24, 2.45) is 5.41 Å². The molecule has 1 aliphatic rings. The van der Waals surface area contributed by atoms with Crippen molar-refractivity contribution in [2.75, 3.05) is 33.4 Å². The Kier molecular flexibility index (Phi) is 7.59. The summed E-state index contributed by atoms with van der Waals surface area (Å²) in [6, 6.07) is 4.66. The topological polar surface area (TPSA) is 68.8 Å². The molecule has 0 atom stereocenters. The number of piperidine rings is 1. The number of carbonyl (C=O) groups excluding carboxylic acids is 1. The molecule has 1 aromatic rings. The van der Waals surface area contributed by atoms with Crippen LogP contribution in [0.2, 0.25) is 0 Å². The van der Waals surface area contributed by atoms with Crippen LogP contribution in [0.15, 0.2) is 18.2 Å². The third-order valence-corrected chi connectivity index (χ3v) is 4.44. The number of methoxy groups -OCH3 is 1. The zero-order valence-corrected chi connectivity index (χ0v) is 15.1. The first kappa shape index (κ1) is 20.4. The molecule has 146 valence electrons. The Bertz CT molecular complexity index is 587. The van der Waals surface area contributed by atoms with Gasteiger partial charge in [-0.1, -0.05) is 6.07 Å². The maximum atomic E-state index is 12.7. The van der Waals surface area contributed by atoms with Gasteiger partial charge in [-0.05, 0) is 50.6 Å². The van der Waals surface area contributed by atoms with E-state index >= 15 is 0 Å². The second-order valence-electron chi connectivity index (χ2n) is 6.24. The van der Waals surface area contributed by atoms with Gasteiger partial charge in [-0.25, -0.2) is 0 Å². The molecule has 2 rings (SSSR count). The largest absolute Gasteiger partial charge is 0.490 e. The van der Waals surface area contributed by atoms with Crippen molar-refractivity contribution in [1.82, 2.24) is 10.6 Å². The highest BCUT2D eigenvalue weighted by molar-refractivity contribution is 5.83. The standard InChI is InChI=1S/C18H26F2N2O4/c1-3-25-15-10-13(4-5-14(15)26-17(19)20)11-22-16(23)18(12-24-2)6-8-21-9-7-18/h4-5,10,17,21H,3,6-9,11-12H2,1-2H3,(H,22,23). The Labute approximate surface area is 152 Å². The lowest BCUT2D eigenvalue weighted by molar-refractivity contribution is -0.136. The van der Waals surface area contributed by atoms with Gasteiger partial charge in [0.05, 0.1) is 18.6 Å². The van der Waals surface area contributed by atoms with E-state index in [2.05, 4.69) is 15.4 Å². The number of nitrogens with one attached hydrogen (secondary N) is 2. The number of amides is 1. The lowest BCUT2D eigenvalue weighted by Gasteiger charge is -2.35. The molecule has 0 unspecified atom stereocenters. The van der Waals surface area contributed by atoms with Gasteiger partial charge in [-0.3, -0.25) is 4.79 Å². The summed E-state index contributed by atoms with van der Waals surface area (Å²) in [6.45, 7) is 1.33. The second kappa shape index (κ2) is 9.68. The van der Waals surface area contributed by atoms with Gasteiger partial charge in [0.2, 0.25) is 5.91 Å². The van der Waals surface area contributed by atoms with Gasteiger partial charge in [-0.2, -0.15) is 8.78 Å². The molecule has 1 aromatic carbocycles. The van der Waals surface area contributed by atoms with Gasteiger partial charge in [0.25, 0.3) is 0 Å². The van der Waals surface area contributed by atoms with Crippen LogP contribution in [0.4, 0.5) is 8.78 Å². The molecule has 26 heavy (non-hydrogen) atoms. The lowest BCUT2D eigenvalue weighted by Crippen LogP contribution is -2.49. The van der Waals surface area contributed by atoms with Crippen LogP contribution in [0.1, 0.15) is 25.3 Å². The summed E-state index contributed by atoms with van der Waals surface area (Å²) in [6.07, 6.45) is 1.41. The fraction of sp³-hybridized carbons (Fsp3) is 0.611. The van der Waals surface area contributed by atoms with Gasteiger partial charge < -0.3 is 24.8 Å². The summed E-state index contributed by atoms with van der Waals surface area (Å²) in [5.41, 5.74) is 0.200. The molecule has 1 heterocycles. The van der Waals surface area contributed by atoms with Crippen LogP contribution in [0.5, 0.6) is 11.5 Å². The molecule has 8 heteroatoms. The van der Waals surface area contributed by atoms with E-state index in [0.717, 1.165) is 18.7 Å². The molecular weight excluding hydrogens is 346 g/mol. The Balaban J connectivity index is 2.05. The van der Waals surface area contributed by atoms with Crippen molar-refractivity contribution in [1.29, 1.82) is 0 Å². The van der Waals surface area contributed by atoms with Gasteiger partial charge >= 0.3 is 6.61 Å². The summed E-state index contributed by atoms with van der Waals surface area (Å²) < 4.78 is 40.0. The van der Waals surface area contributed by atoms with Crippen LogP contribution in [-0.2, 0) is 16.1 Å². The van der Waals surface area contributed by atoms with Crippen molar-refractivity contribution in [3.63, 3.8) is 0 Å². The van der Waals surface area contributed by atoms with Crippen molar-refractivity contribution in [2.45, 2.75) is 32.9 Å². The summed E-state index contributed by atoms with van der Waals surface area (Å²) in [4.78, 5) is 12.7. The van der Waals surface area contributed by atoms with E-state index in [0.29, 0.717) is 26.1 Å². The van der Waals surface area contributed by atoms with Crippen molar-refractivity contribution in [3.05, 3.63) is 23.8 Å². The minimum atomic E-state index is -2.92. The predicted octanol–water partition coefficient (Wildman–Crippen LogP) is 2.32. The van der Waals surface area contributed by atoms with E-state index in [9.17, 15) is 13.6 Å². The average Bonchev–Trinajstić information content (AvgIpc) is 2.62. The number of benzene rings is 1. The molecule has 1 amide bonds. The number of carbonyl (C=O) groups is 1. The van der Waals surface area contributed by atoms with Crippen LogP contribution < -0.4 is 20.1 Å². The molecule has 0 radical (unpaired) electrons. The minimum Gasteiger partial charge on any atom is -0.490 e. The van der Waals surface area contributed by atoms with Crippen molar-refractivity contribution in [3.8, 4) is 11.5 Å². The number of rotatable bonds is 9. The van der Waals surface area contributed by atoms with Gasteiger partial charge in [0.15, 0.2) is 11.5 Å². The first-order valence-electron chi connectivity index (χ1n) is 8.69. The van der Waals surface area contributed by atoms with Crippen LogP contribution in [0.25, 0.3) is 0 Å².